The highest BCUT2D eigenvalue weighted by Gasteiger charge is 2.32. The summed E-state index contributed by atoms with van der Waals surface area (Å²) in [5.41, 5.74) is -0.583. The van der Waals surface area contributed by atoms with Crippen molar-refractivity contribution in [3.05, 3.63) is 0 Å². The topological polar surface area (TPSA) is 108 Å². The zero-order chi connectivity index (χ0) is 14.3. The largest absolute Gasteiger partial charge is 0.480 e. The van der Waals surface area contributed by atoms with Crippen molar-refractivity contribution in [1.82, 2.24) is 16.0 Å². The first-order chi connectivity index (χ1) is 8.14. The smallest absolute Gasteiger partial charge is 0.326 e. The van der Waals surface area contributed by atoms with Crippen LogP contribution in [0, 0.1) is 5.41 Å². The molecule has 1 atom stereocenters. The maximum Gasteiger partial charge on any atom is 0.326 e. The summed E-state index contributed by atoms with van der Waals surface area (Å²) < 4.78 is 0. The molecule has 0 aliphatic rings. The van der Waals surface area contributed by atoms with E-state index in [1.807, 2.05) is 0 Å². The number of amides is 3. The minimum absolute atomic E-state index is 0.185. The Morgan fingerprint density at radius 1 is 1.11 bits per heavy atom. The van der Waals surface area contributed by atoms with Crippen molar-refractivity contribution in [2.75, 3.05) is 13.1 Å². The number of urea groups is 1. The lowest BCUT2D eigenvalue weighted by Crippen LogP contribution is -2.52. The van der Waals surface area contributed by atoms with Crippen molar-refractivity contribution < 1.29 is 19.5 Å². The van der Waals surface area contributed by atoms with Gasteiger partial charge in [0.25, 0.3) is 0 Å². The Hall–Kier alpha value is -1.79. The summed E-state index contributed by atoms with van der Waals surface area (Å²) in [6.45, 7) is 7.09. The van der Waals surface area contributed by atoms with E-state index in [0.717, 1.165) is 0 Å². The Morgan fingerprint density at radius 2 is 1.61 bits per heavy atom. The second-order valence-corrected chi connectivity index (χ2v) is 5.02. The summed E-state index contributed by atoms with van der Waals surface area (Å²) in [6, 6.07) is -1.54. The van der Waals surface area contributed by atoms with E-state index in [0.29, 0.717) is 6.54 Å². The van der Waals surface area contributed by atoms with Gasteiger partial charge in [-0.25, -0.2) is 9.59 Å². The van der Waals surface area contributed by atoms with Gasteiger partial charge in [-0.15, -0.1) is 0 Å². The van der Waals surface area contributed by atoms with Gasteiger partial charge in [0.05, 0.1) is 0 Å². The van der Waals surface area contributed by atoms with Gasteiger partial charge in [0.15, 0.2) is 0 Å². The lowest BCUT2D eigenvalue weighted by atomic mass is 9.87. The van der Waals surface area contributed by atoms with Crippen molar-refractivity contribution in [3.63, 3.8) is 0 Å². The van der Waals surface area contributed by atoms with Crippen LogP contribution in [0.4, 0.5) is 4.79 Å². The molecule has 0 saturated carbocycles. The van der Waals surface area contributed by atoms with Gasteiger partial charge in [-0.1, -0.05) is 20.8 Å². The fourth-order valence-corrected chi connectivity index (χ4v) is 1.25. The van der Waals surface area contributed by atoms with E-state index in [4.69, 9.17) is 5.11 Å². The molecule has 0 radical (unpaired) electrons. The molecule has 0 rings (SSSR count). The van der Waals surface area contributed by atoms with Gasteiger partial charge in [0, 0.05) is 20.0 Å². The summed E-state index contributed by atoms with van der Waals surface area (Å²) in [4.78, 5) is 33.0. The minimum atomic E-state index is -1.08. The van der Waals surface area contributed by atoms with E-state index < -0.39 is 23.5 Å². The Bertz CT molecular complexity index is 323. The van der Waals surface area contributed by atoms with Crippen molar-refractivity contribution in [3.8, 4) is 0 Å². The van der Waals surface area contributed by atoms with Crippen LogP contribution in [0.5, 0.6) is 0 Å². The van der Waals surface area contributed by atoms with Crippen LogP contribution in [-0.2, 0) is 9.59 Å². The van der Waals surface area contributed by atoms with Crippen molar-refractivity contribution in [1.29, 1.82) is 0 Å². The number of carboxylic acids is 1. The molecule has 0 aromatic heterocycles. The Balaban J connectivity index is 4.12. The molecule has 3 amide bonds. The second kappa shape index (κ2) is 6.83. The van der Waals surface area contributed by atoms with Crippen molar-refractivity contribution >= 4 is 17.9 Å². The minimum Gasteiger partial charge on any atom is -0.480 e. The van der Waals surface area contributed by atoms with Crippen LogP contribution < -0.4 is 16.0 Å². The summed E-state index contributed by atoms with van der Waals surface area (Å²) in [7, 11) is 0. The number of carboxylic acid groups (broad SMARTS) is 1. The third kappa shape index (κ3) is 6.72. The molecule has 0 aliphatic heterocycles. The van der Waals surface area contributed by atoms with Crippen LogP contribution in [0.1, 0.15) is 27.7 Å². The number of hydrogen-bond acceptors (Lipinski definition) is 3. The van der Waals surface area contributed by atoms with E-state index in [1.165, 1.54) is 6.92 Å². The molecule has 0 heterocycles. The molecular weight excluding hydrogens is 238 g/mol. The molecule has 0 bridgehead atoms. The Kier molecular flexibility index (Phi) is 6.15. The van der Waals surface area contributed by atoms with E-state index in [9.17, 15) is 14.4 Å². The SMILES string of the molecule is CC(=O)NCCNC(=O)N[C@@H](C(=O)O)C(C)(C)C. The maximum absolute atomic E-state index is 11.5. The number of carbonyl (C=O) groups is 3. The molecule has 0 unspecified atom stereocenters. The standard InChI is InChI=1S/C11H21N3O4/c1-7(15)12-5-6-13-10(18)14-8(9(16)17)11(2,3)4/h8H,5-6H2,1-4H3,(H,12,15)(H,16,17)(H2,13,14,18)/t8-/m0/s1. The van der Waals surface area contributed by atoms with Gasteiger partial charge >= 0.3 is 12.0 Å². The monoisotopic (exact) mass is 259 g/mol. The molecule has 0 spiro atoms. The van der Waals surface area contributed by atoms with Crippen molar-refractivity contribution in [2.45, 2.75) is 33.7 Å². The predicted molar refractivity (Wildman–Crippen MR) is 66.1 cm³/mol. The summed E-state index contributed by atoms with van der Waals surface area (Å²) in [6.07, 6.45) is 0. The molecule has 0 aromatic rings. The van der Waals surface area contributed by atoms with E-state index in [1.54, 1.807) is 20.8 Å². The normalized spacial score (nSPS) is 12.4. The highest BCUT2D eigenvalue weighted by molar-refractivity contribution is 5.83. The van der Waals surface area contributed by atoms with Gasteiger partial charge in [-0.2, -0.15) is 0 Å². The van der Waals surface area contributed by atoms with Crippen LogP contribution in [0.3, 0.4) is 0 Å². The van der Waals surface area contributed by atoms with Gasteiger partial charge in [-0.05, 0) is 5.41 Å². The molecule has 0 saturated heterocycles. The van der Waals surface area contributed by atoms with E-state index in [2.05, 4.69) is 16.0 Å². The lowest BCUT2D eigenvalue weighted by Gasteiger charge is -2.27. The van der Waals surface area contributed by atoms with Crippen molar-refractivity contribution in [2.24, 2.45) is 5.41 Å². The third-order valence-corrected chi connectivity index (χ3v) is 2.17. The number of hydrogen-bond donors (Lipinski definition) is 4. The summed E-state index contributed by atoms with van der Waals surface area (Å²) >= 11 is 0. The molecule has 0 aliphatic carbocycles. The number of carbonyl (C=O) groups excluding carboxylic acids is 2. The van der Waals surface area contributed by atoms with Crippen LogP contribution in [0.2, 0.25) is 0 Å². The average Bonchev–Trinajstić information content (AvgIpc) is 2.18. The van der Waals surface area contributed by atoms with Gasteiger partial charge in [0.1, 0.15) is 6.04 Å². The quantitative estimate of drug-likeness (QED) is 0.518. The molecule has 0 aromatic carbocycles. The lowest BCUT2D eigenvalue weighted by molar-refractivity contribution is -0.141. The third-order valence-electron chi connectivity index (χ3n) is 2.17. The zero-order valence-electron chi connectivity index (χ0n) is 11.2. The first kappa shape index (κ1) is 16.2. The van der Waals surface area contributed by atoms with Crippen LogP contribution in [-0.4, -0.2) is 42.1 Å². The van der Waals surface area contributed by atoms with Crippen LogP contribution in [0.25, 0.3) is 0 Å². The van der Waals surface area contributed by atoms with Gasteiger partial charge in [-0.3, -0.25) is 4.79 Å². The van der Waals surface area contributed by atoms with Gasteiger partial charge < -0.3 is 21.1 Å². The molecule has 7 heteroatoms. The Morgan fingerprint density at radius 3 is 2.00 bits per heavy atom. The first-order valence-corrected chi connectivity index (χ1v) is 5.66. The second-order valence-electron chi connectivity index (χ2n) is 5.02. The summed E-state index contributed by atoms with van der Waals surface area (Å²) in [5.74, 6) is -1.27. The van der Waals surface area contributed by atoms with Crippen LogP contribution >= 0.6 is 0 Å². The Labute approximate surface area is 106 Å². The summed E-state index contributed by atoms with van der Waals surface area (Å²) in [5, 5.41) is 16.4. The molecule has 104 valence electrons. The number of rotatable bonds is 5. The fourth-order valence-electron chi connectivity index (χ4n) is 1.25. The molecule has 7 nitrogen and oxygen atoms in total. The average molecular weight is 259 g/mol. The number of nitrogens with one attached hydrogen (secondary N) is 3. The van der Waals surface area contributed by atoms with Gasteiger partial charge in [0.2, 0.25) is 5.91 Å². The molecule has 18 heavy (non-hydrogen) atoms. The zero-order valence-corrected chi connectivity index (χ0v) is 11.2. The fraction of sp³-hybridized carbons (Fsp3) is 0.727. The van der Waals surface area contributed by atoms with E-state index in [-0.39, 0.29) is 12.5 Å². The maximum atomic E-state index is 11.5. The van der Waals surface area contributed by atoms with E-state index >= 15 is 0 Å². The number of aliphatic carboxylic acids is 1. The molecular formula is C11H21N3O4. The first-order valence-electron chi connectivity index (χ1n) is 5.66. The highest BCUT2D eigenvalue weighted by atomic mass is 16.4. The highest BCUT2D eigenvalue weighted by Crippen LogP contribution is 2.19. The molecule has 4 N–H and O–H groups in total. The molecule has 0 fully saturated rings. The predicted octanol–water partition coefficient (Wildman–Crippen LogP) is -0.0790. The van der Waals surface area contributed by atoms with Crippen LogP contribution in [0.15, 0.2) is 0 Å².